The summed E-state index contributed by atoms with van der Waals surface area (Å²) in [5.41, 5.74) is 2.65. The van der Waals surface area contributed by atoms with Crippen LogP contribution in [0.15, 0.2) is 48.5 Å². The molecule has 1 aliphatic heterocycles. The third-order valence-electron chi connectivity index (χ3n) is 4.86. The lowest BCUT2D eigenvalue weighted by atomic mass is 10.1. The van der Waals surface area contributed by atoms with Crippen LogP contribution in [0.5, 0.6) is 0 Å². The summed E-state index contributed by atoms with van der Waals surface area (Å²) in [4.78, 5) is 4.68. The first-order chi connectivity index (χ1) is 12.6. The molecule has 0 saturated carbocycles. The maximum atomic E-state index is 13.0. The zero-order valence-electron chi connectivity index (χ0n) is 14.8. The van der Waals surface area contributed by atoms with Gasteiger partial charge >= 0.3 is 0 Å². The number of aliphatic hydroxyl groups excluding tert-OH is 1. The molecule has 1 aliphatic rings. The van der Waals surface area contributed by atoms with Gasteiger partial charge < -0.3 is 5.11 Å². The molecule has 0 amide bonds. The molecule has 4 nitrogen and oxygen atoms in total. The first kappa shape index (κ1) is 18.5. The van der Waals surface area contributed by atoms with E-state index in [1.165, 1.54) is 17.7 Å². The van der Waals surface area contributed by atoms with Crippen molar-refractivity contribution in [2.75, 3.05) is 32.7 Å². The van der Waals surface area contributed by atoms with Crippen LogP contribution in [0.2, 0.25) is 0 Å². The second-order valence-electron chi connectivity index (χ2n) is 6.81. The summed E-state index contributed by atoms with van der Waals surface area (Å²) in [6, 6.07) is 16.0. The SMILES string of the molecule is N#Cc1ccc(CN2CCCN(CC(O)c3ccc(F)cc3)CC2)cc1. The summed E-state index contributed by atoms with van der Waals surface area (Å²) in [7, 11) is 0. The normalized spacial score (nSPS) is 17.4. The van der Waals surface area contributed by atoms with E-state index in [9.17, 15) is 9.50 Å². The molecule has 0 radical (unpaired) electrons. The lowest BCUT2D eigenvalue weighted by molar-refractivity contribution is 0.114. The molecule has 1 fully saturated rings. The van der Waals surface area contributed by atoms with Gasteiger partial charge in [0.2, 0.25) is 0 Å². The standard InChI is InChI=1S/C21H24FN3O/c22-20-8-6-19(7-9-20)21(26)16-25-11-1-10-24(12-13-25)15-18-4-2-17(14-23)3-5-18/h2-9,21,26H,1,10-13,15-16H2. The van der Waals surface area contributed by atoms with Gasteiger partial charge in [-0.3, -0.25) is 9.80 Å². The lowest BCUT2D eigenvalue weighted by Crippen LogP contribution is -2.33. The molecule has 2 aromatic carbocycles. The van der Waals surface area contributed by atoms with Gasteiger partial charge in [-0.15, -0.1) is 0 Å². The average molecular weight is 353 g/mol. The van der Waals surface area contributed by atoms with E-state index in [0.717, 1.165) is 44.7 Å². The van der Waals surface area contributed by atoms with Gasteiger partial charge in [0.15, 0.2) is 0 Å². The predicted molar refractivity (Wildman–Crippen MR) is 98.9 cm³/mol. The summed E-state index contributed by atoms with van der Waals surface area (Å²) in [5.74, 6) is -0.283. The Hall–Kier alpha value is -2.26. The van der Waals surface area contributed by atoms with Crippen LogP contribution in [0.4, 0.5) is 4.39 Å². The van der Waals surface area contributed by atoms with Gasteiger partial charge in [0.05, 0.1) is 17.7 Å². The van der Waals surface area contributed by atoms with Crippen molar-refractivity contribution in [2.45, 2.75) is 19.1 Å². The van der Waals surface area contributed by atoms with Crippen molar-refractivity contribution >= 4 is 0 Å². The van der Waals surface area contributed by atoms with Crippen molar-refractivity contribution in [3.05, 3.63) is 71.0 Å². The lowest BCUT2D eigenvalue weighted by Gasteiger charge is -2.24. The van der Waals surface area contributed by atoms with E-state index < -0.39 is 6.10 Å². The Bertz CT molecular complexity index is 739. The summed E-state index contributed by atoms with van der Waals surface area (Å²) in [6.45, 7) is 5.24. The fourth-order valence-corrected chi connectivity index (χ4v) is 3.34. The quantitative estimate of drug-likeness (QED) is 0.898. The molecule has 1 N–H and O–H groups in total. The summed E-state index contributed by atoms with van der Waals surface area (Å²) in [5, 5.41) is 19.3. The Morgan fingerprint density at radius 2 is 1.62 bits per heavy atom. The van der Waals surface area contributed by atoms with Gasteiger partial charge in [0, 0.05) is 26.2 Å². The summed E-state index contributed by atoms with van der Waals surface area (Å²) in [6.07, 6.45) is 0.451. The van der Waals surface area contributed by atoms with Crippen LogP contribution in [-0.2, 0) is 6.54 Å². The molecule has 0 spiro atoms. The largest absolute Gasteiger partial charge is 0.387 e. The predicted octanol–water partition coefficient (Wildman–Crippen LogP) is 2.94. The highest BCUT2D eigenvalue weighted by Gasteiger charge is 2.18. The Morgan fingerprint density at radius 3 is 2.31 bits per heavy atom. The molecule has 3 rings (SSSR count). The van der Waals surface area contributed by atoms with Crippen molar-refractivity contribution in [1.82, 2.24) is 9.80 Å². The molecule has 0 aliphatic carbocycles. The first-order valence-corrected chi connectivity index (χ1v) is 9.01. The molecule has 26 heavy (non-hydrogen) atoms. The number of nitrogens with zero attached hydrogens (tertiary/aromatic N) is 3. The van der Waals surface area contributed by atoms with Crippen molar-refractivity contribution < 1.29 is 9.50 Å². The zero-order valence-corrected chi connectivity index (χ0v) is 14.8. The second-order valence-corrected chi connectivity index (χ2v) is 6.81. The van der Waals surface area contributed by atoms with Crippen LogP contribution in [0.1, 0.15) is 29.2 Å². The number of nitriles is 1. The molecular formula is C21H24FN3O. The van der Waals surface area contributed by atoms with E-state index in [1.807, 2.05) is 24.3 Å². The summed E-state index contributed by atoms with van der Waals surface area (Å²) >= 11 is 0. The van der Waals surface area contributed by atoms with E-state index >= 15 is 0 Å². The molecule has 5 heteroatoms. The number of benzene rings is 2. The van der Waals surface area contributed by atoms with Crippen molar-refractivity contribution in [2.24, 2.45) is 0 Å². The molecule has 1 unspecified atom stereocenters. The number of rotatable bonds is 5. The highest BCUT2D eigenvalue weighted by atomic mass is 19.1. The monoisotopic (exact) mass is 353 g/mol. The molecule has 136 valence electrons. The van der Waals surface area contributed by atoms with E-state index in [2.05, 4.69) is 15.9 Å². The molecule has 1 atom stereocenters. The minimum atomic E-state index is -0.597. The van der Waals surface area contributed by atoms with Gasteiger partial charge in [-0.2, -0.15) is 5.26 Å². The Morgan fingerprint density at radius 1 is 0.962 bits per heavy atom. The van der Waals surface area contributed by atoms with Crippen LogP contribution in [0, 0.1) is 17.1 Å². The topological polar surface area (TPSA) is 50.5 Å². The van der Waals surface area contributed by atoms with Gasteiger partial charge in [-0.25, -0.2) is 4.39 Å². The van der Waals surface area contributed by atoms with Crippen LogP contribution in [0.3, 0.4) is 0 Å². The highest BCUT2D eigenvalue weighted by molar-refractivity contribution is 5.31. The van der Waals surface area contributed by atoms with Crippen LogP contribution in [-0.4, -0.2) is 47.6 Å². The molecule has 1 saturated heterocycles. The van der Waals surface area contributed by atoms with Crippen molar-refractivity contribution in [1.29, 1.82) is 5.26 Å². The number of hydrogen-bond acceptors (Lipinski definition) is 4. The zero-order chi connectivity index (χ0) is 18.4. The fraction of sp³-hybridized carbons (Fsp3) is 0.381. The van der Waals surface area contributed by atoms with Crippen LogP contribution in [0.25, 0.3) is 0 Å². The van der Waals surface area contributed by atoms with Gasteiger partial charge in [0.1, 0.15) is 5.82 Å². The van der Waals surface area contributed by atoms with E-state index in [4.69, 9.17) is 5.26 Å². The Labute approximate surface area is 154 Å². The third kappa shape index (κ3) is 5.12. The van der Waals surface area contributed by atoms with E-state index in [-0.39, 0.29) is 5.82 Å². The van der Waals surface area contributed by atoms with Crippen molar-refractivity contribution in [3.8, 4) is 6.07 Å². The summed E-state index contributed by atoms with van der Waals surface area (Å²) < 4.78 is 13.0. The van der Waals surface area contributed by atoms with Gasteiger partial charge in [0.25, 0.3) is 0 Å². The van der Waals surface area contributed by atoms with E-state index in [1.54, 1.807) is 12.1 Å². The fourth-order valence-electron chi connectivity index (χ4n) is 3.34. The highest BCUT2D eigenvalue weighted by Crippen LogP contribution is 2.17. The maximum absolute atomic E-state index is 13.0. The first-order valence-electron chi connectivity index (χ1n) is 9.01. The Balaban J connectivity index is 1.51. The number of halogens is 1. The molecule has 0 aromatic heterocycles. The molecular weight excluding hydrogens is 329 g/mol. The van der Waals surface area contributed by atoms with Crippen molar-refractivity contribution in [3.63, 3.8) is 0 Å². The average Bonchev–Trinajstić information content (AvgIpc) is 2.88. The maximum Gasteiger partial charge on any atom is 0.123 e. The van der Waals surface area contributed by atoms with E-state index in [0.29, 0.717) is 12.1 Å². The minimum absolute atomic E-state index is 0.283. The van der Waals surface area contributed by atoms with Gasteiger partial charge in [-0.05, 0) is 54.9 Å². The van der Waals surface area contributed by atoms with Crippen LogP contribution < -0.4 is 0 Å². The third-order valence-corrected chi connectivity index (χ3v) is 4.86. The minimum Gasteiger partial charge on any atom is -0.387 e. The second kappa shape index (κ2) is 8.91. The van der Waals surface area contributed by atoms with Crippen LogP contribution >= 0.6 is 0 Å². The number of aliphatic hydroxyl groups is 1. The number of hydrogen-bond donors (Lipinski definition) is 1. The Kier molecular flexibility index (Phi) is 6.35. The smallest absolute Gasteiger partial charge is 0.123 e. The number of β-amino-alcohol motifs (C(OH)–C–C–N with tert-alkyl or cyclic N) is 1. The molecule has 1 heterocycles. The molecule has 0 bridgehead atoms. The van der Waals surface area contributed by atoms with Gasteiger partial charge in [-0.1, -0.05) is 24.3 Å². The molecule has 2 aromatic rings.